The van der Waals surface area contributed by atoms with Gasteiger partial charge in [0, 0.05) is 11.4 Å². The maximum absolute atomic E-state index is 14.6. The Bertz CT molecular complexity index is 1590. The molecule has 3 aromatic carbocycles. The number of benzene rings is 3. The molecule has 0 fully saturated rings. The number of allylic oxidation sites excluding steroid dienone is 1. The Morgan fingerprint density at radius 3 is 2.47 bits per heavy atom. The van der Waals surface area contributed by atoms with E-state index in [1.165, 1.54) is 52.6 Å². The van der Waals surface area contributed by atoms with E-state index in [9.17, 15) is 9.18 Å². The van der Waals surface area contributed by atoms with Crippen molar-refractivity contribution in [2.75, 3.05) is 0 Å². The number of amides is 1. The highest BCUT2D eigenvalue weighted by Crippen LogP contribution is 2.49. The Morgan fingerprint density at radius 1 is 1.03 bits per heavy atom. The minimum Gasteiger partial charge on any atom is -0.342 e. The molecule has 38 heavy (non-hydrogen) atoms. The molecule has 2 aliphatic carbocycles. The summed E-state index contributed by atoms with van der Waals surface area (Å²) in [6.07, 6.45) is 5.75. The highest BCUT2D eigenvalue weighted by Gasteiger charge is 2.42. The van der Waals surface area contributed by atoms with Gasteiger partial charge in [-0.2, -0.15) is 0 Å². The number of fused-ring (bicyclic) bond motifs is 2. The van der Waals surface area contributed by atoms with Crippen LogP contribution in [0.2, 0.25) is 15.1 Å². The molecule has 0 spiro atoms. The van der Waals surface area contributed by atoms with E-state index in [1.54, 1.807) is 22.8 Å². The van der Waals surface area contributed by atoms with E-state index < -0.39 is 17.3 Å². The van der Waals surface area contributed by atoms with Crippen LogP contribution < -0.4 is 5.32 Å². The van der Waals surface area contributed by atoms with Crippen LogP contribution in [0, 0.1) is 12.7 Å². The second-order valence-electron chi connectivity index (χ2n) is 9.94. The van der Waals surface area contributed by atoms with Gasteiger partial charge in [-0.05, 0) is 78.8 Å². The zero-order chi connectivity index (χ0) is 26.6. The summed E-state index contributed by atoms with van der Waals surface area (Å²) in [5.41, 5.74) is 6.68. The molecule has 0 saturated carbocycles. The molecule has 2 aliphatic rings. The summed E-state index contributed by atoms with van der Waals surface area (Å²) in [6.45, 7) is 2.08. The van der Waals surface area contributed by atoms with Gasteiger partial charge in [0.15, 0.2) is 0 Å². The molecule has 5 nitrogen and oxygen atoms in total. The Balaban J connectivity index is 1.41. The van der Waals surface area contributed by atoms with E-state index in [1.807, 2.05) is 0 Å². The Morgan fingerprint density at radius 2 is 1.76 bits per heavy atom. The van der Waals surface area contributed by atoms with Crippen molar-refractivity contribution in [2.45, 2.75) is 38.1 Å². The van der Waals surface area contributed by atoms with Crippen LogP contribution in [0.25, 0.3) is 11.3 Å². The number of rotatable bonds is 4. The first-order valence-corrected chi connectivity index (χ1v) is 13.3. The van der Waals surface area contributed by atoms with Gasteiger partial charge < -0.3 is 5.32 Å². The second-order valence-corrected chi connectivity index (χ2v) is 11.2. The van der Waals surface area contributed by atoms with Crippen LogP contribution in [0.3, 0.4) is 0 Å². The van der Waals surface area contributed by atoms with Gasteiger partial charge in [0.2, 0.25) is 0 Å². The number of halogens is 4. The molecule has 6 rings (SSSR count). The number of nitrogens with zero attached hydrogens (tertiary/aromatic N) is 3. The fraction of sp³-hybridized carbons (Fsp3) is 0.207. The predicted molar refractivity (Wildman–Crippen MR) is 148 cm³/mol. The van der Waals surface area contributed by atoms with E-state index in [0.717, 1.165) is 12.8 Å². The molecule has 0 saturated heterocycles. The van der Waals surface area contributed by atoms with Gasteiger partial charge in [-0.1, -0.05) is 64.1 Å². The summed E-state index contributed by atoms with van der Waals surface area (Å²) in [7, 11) is 0. The Hall–Kier alpha value is -3.19. The van der Waals surface area contributed by atoms with Gasteiger partial charge in [0.25, 0.3) is 5.91 Å². The largest absolute Gasteiger partial charge is 0.342 e. The first-order chi connectivity index (χ1) is 18.2. The van der Waals surface area contributed by atoms with Crippen molar-refractivity contribution in [3.63, 3.8) is 0 Å². The lowest BCUT2D eigenvalue weighted by Gasteiger charge is -2.40. The van der Waals surface area contributed by atoms with Gasteiger partial charge in [-0.15, -0.1) is 10.2 Å². The van der Waals surface area contributed by atoms with Crippen LogP contribution in [-0.2, 0) is 12.0 Å². The van der Waals surface area contributed by atoms with E-state index in [2.05, 4.69) is 40.6 Å². The highest BCUT2D eigenvalue weighted by atomic mass is 35.5. The molecule has 1 heterocycles. The highest BCUT2D eigenvalue weighted by molar-refractivity contribution is 6.40. The number of nitrogens with one attached hydrogen (secondary N) is 1. The topological polar surface area (TPSA) is 59.8 Å². The molecule has 1 N–H and O–H groups in total. The average Bonchev–Trinajstić information content (AvgIpc) is 3.50. The molecule has 0 bridgehead atoms. The third-order valence-electron chi connectivity index (χ3n) is 7.49. The Labute approximate surface area is 234 Å². The van der Waals surface area contributed by atoms with E-state index in [-0.39, 0.29) is 20.6 Å². The zero-order valence-corrected chi connectivity index (χ0v) is 22.6. The van der Waals surface area contributed by atoms with Crippen molar-refractivity contribution >= 4 is 46.3 Å². The van der Waals surface area contributed by atoms with Crippen LogP contribution in [0.1, 0.15) is 51.9 Å². The summed E-state index contributed by atoms with van der Waals surface area (Å²) < 4.78 is 16.3. The molecular formula is C29H22Cl3FN4O. The van der Waals surface area contributed by atoms with Crippen molar-refractivity contribution in [1.29, 1.82) is 0 Å². The van der Waals surface area contributed by atoms with Gasteiger partial charge in [0.05, 0.1) is 26.8 Å². The first kappa shape index (κ1) is 25.1. The zero-order valence-electron chi connectivity index (χ0n) is 20.4. The molecule has 1 aromatic heterocycles. The van der Waals surface area contributed by atoms with Gasteiger partial charge in [0.1, 0.15) is 18.5 Å². The molecular weight excluding hydrogens is 546 g/mol. The van der Waals surface area contributed by atoms with Gasteiger partial charge >= 0.3 is 0 Å². The number of carbonyl (C=O) groups is 1. The first-order valence-electron chi connectivity index (χ1n) is 12.2. The van der Waals surface area contributed by atoms with Gasteiger partial charge in [-0.25, -0.2) is 4.39 Å². The number of carbonyl (C=O) groups excluding carboxylic acids is 1. The Kier molecular flexibility index (Phi) is 6.29. The number of aromatic nitrogens is 3. The van der Waals surface area contributed by atoms with Crippen LogP contribution in [-0.4, -0.2) is 20.7 Å². The lowest BCUT2D eigenvalue weighted by atomic mass is 9.73. The van der Waals surface area contributed by atoms with E-state index in [0.29, 0.717) is 24.1 Å². The molecule has 1 amide bonds. The van der Waals surface area contributed by atoms with Crippen LogP contribution in [0.4, 0.5) is 4.39 Å². The SMILES string of the molecule is Cc1ccc2c(c1)CC1=C2CC(NC(=O)c2c(Cl)cc(-n3cnnc3)cc2Cl)(c2cc(F)cc(Cl)c2)CC1. The third kappa shape index (κ3) is 4.41. The molecule has 0 radical (unpaired) electrons. The molecule has 1 atom stereocenters. The van der Waals surface area contributed by atoms with Crippen LogP contribution in [0.15, 0.2) is 66.8 Å². The number of hydrogen-bond acceptors (Lipinski definition) is 3. The summed E-state index contributed by atoms with van der Waals surface area (Å²) in [5.74, 6) is -0.903. The molecule has 1 unspecified atom stereocenters. The lowest BCUT2D eigenvalue weighted by Crippen LogP contribution is -2.47. The van der Waals surface area contributed by atoms with Gasteiger partial charge in [-0.3, -0.25) is 9.36 Å². The van der Waals surface area contributed by atoms with Crippen molar-refractivity contribution in [1.82, 2.24) is 20.1 Å². The summed E-state index contributed by atoms with van der Waals surface area (Å²) >= 11 is 19.5. The van der Waals surface area contributed by atoms with Crippen molar-refractivity contribution < 1.29 is 9.18 Å². The molecule has 0 aliphatic heterocycles. The number of aryl methyl sites for hydroxylation is 1. The number of hydrogen-bond donors (Lipinski definition) is 1. The molecule has 9 heteroatoms. The minimum absolute atomic E-state index is 0.147. The summed E-state index contributed by atoms with van der Waals surface area (Å²) in [5, 5.41) is 11.4. The van der Waals surface area contributed by atoms with Crippen LogP contribution >= 0.6 is 34.8 Å². The normalized spacial score (nSPS) is 18.3. The predicted octanol–water partition coefficient (Wildman–Crippen LogP) is 7.49. The van der Waals surface area contributed by atoms with Crippen LogP contribution in [0.5, 0.6) is 0 Å². The maximum atomic E-state index is 14.6. The quantitative estimate of drug-likeness (QED) is 0.278. The molecule has 192 valence electrons. The maximum Gasteiger partial charge on any atom is 0.255 e. The fourth-order valence-electron chi connectivity index (χ4n) is 5.70. The van der Waals surface area contributed by atoms with E-state index in [4.69, 9.17) is 34.8 Å². The third-order valence-corrected chi connectivity index (χ3v) is 8.30. The summed E-state index contributed by atoms with van der Waals surface area (Å²) in [4.78, 5) is 13.8. The van der Waals surface area contributed by atoms with E-state index >= 15 is 0 Å². The standard InChI is InChI=1S/C29H22Cl3FN4O/c1-16-2-3-23-18(6-16)7-17-4-5-29(13-24(17)23,19-8-20(30)10-21(33)9-19)36-28(38)27-25(31)11-22(12-26(27)32)37-14-34-35-15-37/h2-3,6,8-12,14-15H,4-5,7,13H2,1H3,(H,36,38). The second kappa shape index (κ2) is 9.53. The fourth-order valence-corrected chi connectivity index (χ4v) is 6.57. The van der Waals surface area contributed by atoms with Crippen molar-refractivity contribution in [3.05, 3.63) is 115 Å². The lowest BCUT2D eigenvalue weighted by molar-refractivity contribution is 0.0890. The summed E-state index contributed by atoms with van der Waals surface area (Å²) in [6, 6.07) is 14.1. The average molecular weight is 568 g/mol. The monoisotopic (exact) mass is 566 g/mol. The molecule has 4 aromatic rings. The van der Waals surface area contributed by atoms with Crippen molar-refractivity contribution in [3.8, 4) is 5.69 Å². The smallest absolute Gasteiger partial charge is 0.255 e. The van der Waals surface area contributed by atoms with Crippen molar-refractivity contribution in [2.24, 2.45) is 0 Å². The minimum atomic E-state index is -0.909.